The highest BCUT2D eigenvalue weighted by Gasteiger charge is 2.27. The standard InChI is InChI=1S/C16H17ClN4O3S/c1-8(2)25-13-10(17)4-3-5-11(13)19-16(24)21-6-9-12(7-21)18-15(23)20-14(9)22/h3-5,8H,6-7H2,1-2H3,(H,19,24)(H2,18,20,22,23). The number of thioether (sulfide) groups is 1. The summed E-state index contributed by atoms with van der Waals surface area (Å²) in [7, 11) is 0. The Morgan fingerprint density at radius 2 is 2.04 bits per heavy atom. The number of fused-ring (bicyclic) bond motifs is 1. The molecular weight excluding hydrogens is 364 g/mol. The van der Waals surface area contributed by atoms with Gasteiger partial charge >= 0.3 is 11.7 Å². The number of aromatic nitrogens is 2. The van der Waals surface area contributed by atoms with Gasteiger partial charge in [0.1, 0.15) is 0 Å². The van der Waals surface area contributed by atoms with Crippen LogP contribution in [0, 0.1) is 0 Å². The predicted molar refractivity (Wildman–Crippen MR) is 98.4 cm³/mol. The van der Waals surface area contributed by atoms with E-state index in [1.165, 1.54) is 4.90 Å². The minimum atomic E-state index is -0.573. The SMILES string of the molecule is CC(C)Sc1c(Cl)cccc1NC(=O)N1Cc2[nH]c(=O)[nH]c(=O)c2C1. The first-order chi connectivity index (χ1) is 11.8. The molecule has 0 unspecified atom stereocenters. The average molecular weight is 381 g/mol. The Balaban J connectivity index is 1.81. The van der Waals surface area contributed by atoms with E-state index in [2.05, 4.69) is 15.3 Å². The van der Waals surface area contributed by atoms with Crippen molar-refractivity contribution in [2.45, 2.75) is 37.1 Å². The highest BCUT2D eigenvalue weighted by atomic mass is 35.5. The van der Waals surface area contributed by atoms with E-state index < -0.39 is 11.2 Å². The quantitative estimate of drug-likeness (QED) is 0.713. The smallest absolute Gasteiger partial charge is 0.314 e. The van der Waals surface area contributed by atoms with Gasteiger partial charge in [0.2, 0.25) is 0 Å². The minimum absolute atomic E-state index is 0.139. The van der Waals surface area contributed by atoms with E-state index in [1.807, 2.05) is 13.8 Å². The molecule has 3 N–H and O–H groups in total. The fraction of sp³-hybridized carbons (Fsp3) is 0.312. The van der Waals surface area contributed by atoms with Crippen LogP contribution in [0.3, 0.4) is 0 Å². The van der Waals surface area contributed by atoms with Gasteiger partial charge in [0.05, 0.1) is 29.4 Å². The van der Waals surface area contributed by atoms with Crippen molar-refractivity contribution in [2.24, 2.45) is 0 Å². The summed E-state index contributed by atoms with van der Waals surface area (Å²) < 4.78 is 0. The van der Waals surface area contributed by atoms with Crippen LogP contribution in [0.5, 0.6) is 0 Å². The molecule has 9 heteroatoms. The molecule has 2 heterocycles. The molecule has 2 aromatic rings. The Morgan fingerprint density at radius 1 is 1.28 bits per heavy atom. The third-order valence-electron chi connectivity index (χ3n) is 3.68. The molecule has 1 aromatic carbocycles. The summed E-state index contributed by atoms with van der Waals surface area (Å²) in [5.41, 5.74) is 0.447. The normalized spacial score (nSPS) is 13.2. The molecule has 1 aromatic heterocycles. The molecule has 3 rings (SSSR count). The number of benzene rings is 1. The van der Waals surface area contributed by atoms with E-state index >= 15 is 0 Å². The summed E-state index contributed by atoms with van der Waals surface area (Å²) in [5, 5.41) is 3.72. The Morgan fingerprint density at radius 3 is 2.76 bits per heavy atom. The molecule has 132 valence electrons. The van der Waals surface area contributed by atoms with Crippen molar-refractivity contribution in [3.05, 3.63) is 55.3 Å². The molecule has 0 radical (unpaired) electrons. The van der Waals surface area contributed by atoms with Crippen molar-refractivity contribution in [3.63, 3.8) is 0 Å². The fourth-order valence-electron chi connectivity index (χ4n) is 2.60. The molecule has 7 nitrogen and oxygen atoms in total. The predicted octanol–water partition coefficient (Wildman–Crippen LogP) is 2.76. The molecular formula is C16H17ClN4O3S. The van der Waals surface area contributed by atoms with Gasteiger partial charge in [-0.1, -0.05) is 31.5 Å². The summed E-state index contributed by atoms with van der Waals surface area (Å²) in [4.78, 5) is 42.8. The van der Waals surface area contributed by atoms with Gasteiger partial charge in [0.15, 0.2) is 0 Å². The minimum Gasteiger partial charge on any atom is -0.314 e. The average Bonchev–Trinajstić information content (AvgIpc) is 2.95. The number of nitrogens with zero attached hydrogens (tertiary/aromatic N) is 1. The van der Waals surface area contributed by atoms with Gasteiger partial charge in [-0.2, -0.15) is 0 Å². The number of nitrogens with one attached hydrogen (secondary N) is 3. The molecule has 25 heavy (non-hydrogen) atoms. The number of anilines is 1. The number of amides is 2. The van der Waals surface area contributed by atoms with Gasteiger partial charge < -0.3 is 15.2 Å². The van der Waals surface area contributed by atoms with Gasteiger partial charge in [-0.05, 0) is 12.1 Å². The lowest BCUT2D eigenvalue weighted by Gasteiger charge is -2.19. The van der Waals surface area contributed by atoms with Gasteiger partial charge in [-0.15, -0.1) is 11.8 Å². The first-order valence-electron chi connectivity index (χ1n) is 7.70. The van der Waals surface area contributed by atoms with Crippen molar-refractivity contribution in [1.29, 1.82) is 0 Å². The summed E-state index contributed by atoms with van der Waals surface area (Å²) in [6.07, 6.45) is 0. The number of urea groups is 1. The molecule has 0 atom stereocenters. The molecule has 0 spiro atoms. The topological polar surface area (TPSA) is 98.1 Å². The van der Waals surface area contributed by atoms with E-state index in [9.17, 15) is 14.4 Å². The maximum Gasteiger partial charge on any atom is 0.325 e. The zero-order chi connectivity index (χ0) is 18.1. The van der Waals surface area contributed by atoms with Crippen molar-refractivity contribution >= 4 is 35.1 Å². The number of carbonyl (C=O) groups is 1. The van der Waals surface area contributed by atoms with Crippen molar-refractivity contribution < 1.29 is 4.79 Å². The second-order valence-electron chi connectivity index (χ2n) is 5.93. The van der Waals surface area contributed by atoms with Gasteiger partial charge in [-0.25, -0.2) is 9.59 Å². The number of hydrogen-bond donors (Lipinski definition) is 3. The fourth-order valence-corrected chi connectivity index (χ4v) is 3.81. The number of carbonyl (C=O) groups excluding carboxylic acids is 1. The number of aromatic amines is 2. The number of rotatable bonds is 3. The van der Waals surface area contributed by atoms with Crippen LogP contribution in [0.4, 0.5) is 10.5 Å². The third-order valence-corrected chi connectivity index (χ3v) is 5.25. The molecule has 2 amide bonds. The summed E-state index contributed by atoms with van der Waals surface area (Å²) in [6, 6.07) is 4.97. The largest absolute Gasteiger partial charge is 0.325 e. The molecule has 0 saturated carbocycles. The first-order valence-corrected chi connectivity index (χ1v) is 8.96. The Kier molecular flexibility index (Phi) is 4.91. The number of hydrogen-bond acceptors (Lipinski definition) is 4. The van der Waals surface area contributed by atoms with E-state index in [0.717, 1.165) is 4.90 Å². The van der Waals surface area contributed by atoms with Crippen LogP contribution in [0.25, 0.3) is 0 Å². The van der Waals surface area contributed by atoms with E-state index in [0.29, 0.717) is 27.2 Å². The number of H-pyrrole nitrogens is 2. The maximum absolute atomic E-state index is 12.6. The van der Waals surface area contributed by atoms with E-state index in [-0.39, 0.29) is 19.1 Å². The zero-order valence-corrected chi connectivity index (χ0v) is 15.3. The monoisotopic (exact) mass is 380 g/mol. The summed E-state index contributed by atoms with van der Waals surface area (Å²) in [5.74, 6) is 0. The lowest BCUT2D eigenvalue weighted by Crippen LogP contribution is -2.31. The molecule has 0 aliphatic carbocycles. The van der Waals surface area contributed by atoms with Crippen LogP contribution in [0.1, 0.15) is 25.1 Å². The zero-order valence-electron chi connectivity index (χ0n) is 13.7. The van der Waals surface area contributed by atoms with Crippen molar-refractivity contribution in [1.82, 2.24) is 14.9 Å². The molecule has 0 saturated heterocycles. The maximum atomic E-state index is 12.6. The van der Waals surface area contributed by atoms with Crippen LogP contribution in [0.15, 0.2) is 32.7 Å². The summed E-state index contributed by atoms with van der Waals surface area (Å²) in [6.45, 7) is 4.40. The van der Waals surface area contributed by atoms with Crippen LogP contribution < -0.4 is 16.6 Å². The lowest BCUT2D eigenvalue weighted by atomic mass is 10.3. The van der Waals surface area contributed by atoms with Gasteiger partial charge in [0, 0.05) is 15.8 Å². The van der Waals surface area contributed by atoms with Crippen LogP contribution in [-0.4, -0.2) is 26.1 Å². The van der Waals surface area contributed by atoms with Crippen LogP contribution >= 0.6 is 23.4 Å². The first kappa shape index (κ1) is 17.6. The van der Waals surface area contributed by atoms with E-state index in [1.54, 1.807) is 30.0 Å². The van der Waals surface area contributed by atoms with Gasteiger partial charge in [0.25, 0.3) is 5.56 Å². The lowest BCUT2D eigenvalue weighted by molar-refractivity contribution is 0.212. The molecule has 1 aliphatic rings. The van der Waals surface area contributed by atoms with Crippen molar-refractivity contribution in [3.8, 4) is 0 Å². The van der Waals surface area contributed by atoms with Gasteiger partial charge in [-0.3, -0.25) is 9.78 Å². The molecule has 0 fully saturated rings. The number of halogens is 1. The highest BCUT2D eigenvalue weighted by Crippen LogP contribution is 2.36. The Hall–Kier alpha value is -2.19. The van der Waals surface area contributed by atoms with Crippen LogP contribution in [0.2, 0.25) is 5.02 Å². The second kappa shape index (κ2) is 6.97. The Bertz CT molecular complexity index is 938. The summed E-state index contributed by atoms with van der Waals surface area (Å²) >= 11 is 7.82. The molecule has 1 aliphatic heterocycles. The van der Waals surface area contributed by atoms with E-state index in [4.69, 9.17) is 11.6 Å². The van der Waals surface area contributed by atoms with Crippen molar-refractivity contribution in [2.75, 3.05) is 5.32 Å². The Labute approximate surface area is 152 Å². The highest BCUT2D eigenvalue weighted by molar-refractivity contribution is 8.00. The van der Waals surface area contributed by atoms with Crippen LogP contribution in [-0.2, 0) is 13.1 Å². The molecule has 0 bridgehead atoms. The second-order valence-corrected chi connectivity index (χ2v) is 7.93. The third kappa shape index (κ3) is 3.74.